The molecular formula is C18H20F2N4O2S. The number of hydrogen-bond donors (Lipinski definition) is 1. The van der Waals surface area contributed by atoms with Gasteiger partial charge in [0.2, 0.25) is 11.0 Å². The Kier molecular flexibility index (Phi) is 6.10. The molecule has 0 radical (unpaired) electrons. The number of hydrogen-bond acceptors (Lipinski definition) is 5. The number of amides is 2. The van der Waals surface area contributed by atoms with E-state index >= 15 is 0 Å². The maximum Gasteiger partial charge on any atom is 0.256 e. The zero-order valence-corrected chi connectivity index (χ0v) is 15.7. The van der Waals surface area contributed by atoms with Crippen LogP contribution in [-0.4, -0.2) is 39.2 Å². The fourth-order valence-electron chi connectivity index (χ4n) is 3.02. The summed E-state index contributed by atoms with van der Waals surface area (Å²) >= 11 is 1.16. The zero-order valence-electron chi connectivity index (χ0n) is 14.9. The van der Waals surface area contributed by atoms with E-state index in [-0.39, 0.29) is 17.4 Å². The molecule has 0 unspecified atom stereocenters. The Hall–Kier alpha value is -2.42. The fourth-order valence-corrected chi connectivity index (χ4v) is 3.63. The van der Waals surface area contributed by atoms with Crippen molar-refractivity contribution in [1.29, 1.82) is 0 Å². The van der Waals surface area contributed by atoms with Gasteiger partial charge in [0.1, 0.15) is 17.5 Å². The van der Waals surface area contributed by atoms with Crippen LogP contribution in [0.4, 0.5) is 13.9 Å². The van der Waals surface area contributed by atoms with E-state index in [4.69, 9.17) is 0 Å². The maximum atomic E-state index is 13.8. The SMILES string of the molecule is CCCc1nsc(NC(=O)C2CCN(C(=O)c3ccc(F)cc3F)CC2)n1. The van der Waals surface area contributed by atoms with Gasteiger partial charge in [-0.2, -0.15) is 4.37 Å². The van der Waals surface area contributed by atoms with Crippen LogP contribution in [-0.2, 0) is 11.2 Å². The number of nitrogens with one attached hydrogen (secondary N) is 1. The summed E-state index contributed by atoms with van der Waals surface area (Å²) in [6.07, 6.45) is 2.65. The largest absolute Gasteiger partial charge is 0.339 e. The fraction of sp³-hybridized carbons (Fsp3) is 0.444. The number of piperidine rings is 1. The minimum atomic E-state index is -0.876. The first-order valence-corrected chi connectivity index (χ1v) is 9.63. The lowest BCUT2D eigenvalue weighted by Crippen LogP contribution is -2.41. The number of nitrogens with zero attached hydrogens (tertiary/aromatic N) is 3. The summed E-state index contributed by atoms with van der Waals surface area (Å²) in [7, 11) is 0. The predicted octanol–water partition coefficient (Wildman–Crippen LogP) is 3.26. The Labute approximate surface area is 159 Å². The van der Waals surface area contributed by atoms with Crippen LogP contribution in [0.15, 0.2) is 18.2 Å². The number of aromatic nitrogens is 2. The summed E-state index contributed by atoms with van der Waals surface area (Å²) in [4.78, 5) is 30.6. The van der Waals surface area contributed by atoms with Gasteiger partial charge in [0, 0.05) is 43.0 Å². The lowest BCUT2D eigenvalue weighted by Gasteiger charge is -2.31. The highest BCUT2D eigenvalue weighted by Crippen LogP contribution is 2.22. The lowest BCUT2D eigenvalue weighted by molar-refractivity contribution is -0.121. The van der Waals surface area contributed by atoms with E-state index in [0.717, 1.165) is 42.3 Å². The third-order valence-corrected chi connectivity index (χ3v) is 5.15. The average molecular weight is 394 g/mol. The van der Waals surface area contributed by atoms with Crippen LogP contribution < -0.4 is 5.32 Å². The Balaban J connectivity index is 1.54. The minimum absolute atomic E-state index is 0.144. The molecule has 0 atom stereocenters. The van der Waals surface area contributed by atoms with Crippen molar-refractivity contribution in [3.05, 3.63) is 41.2 Å². The molecule has 0 spiro atoms. The van der Waals surface area contributed by atoms with Gasteiger partial charge in [-0.3, -0.25) is 9.59 Å². The Morgan fingerprint density at radius 1 is 1.30 bits per heavy atom. The van der Waals surface area contributed by atoms with Crippen LogP contribution >= 0.6 is 11.5 Å². The lowest BCUT2D eigenvalue weighted by atomic mass is 9.95. The van der Waals surface area contributed by atoms with Crippen molar-refractivity contribution < 1.29 is 18.4 Å². The van der Waals surface area contributed by atoms with E-state index < -0.39 is 17.5 Å². The van der Waals surface area contributed by atoms with Crippen molar-refractivity contribution in [3.63, 3.8) is 0 Å². The summed E-state index contributed by atoms with van der Waals surface area (Å²) in [5.41, 5.74) is -0.156. The molecule has 1 aliphatic rings. The van der Waals surface area contributed by atoms with Gasteiger partial charge in [0.05, 0.1) is 5.56 Å². The molecule has 1 aromatic heterocycles. The molecule has 1 aliphatic heterocycles. The molecule has 3 rings (SSSR count). The van der Waals surface area contributed by atoms with Crippen LogP contribution in [0.25, 0.3) is 0 Å². The van der Waals surface area contributed by atoms with Crippen LogP contribution in [0.2, 0.25) is 0 Å². The predicted molar refractivity (Wildman–Crippen MR) is 97.5 cm³/mol. The first kappa shape index (κ1) is 19.3. The van der Waals surface area contributed by atoms with Gasteiger partial charge in [0.25, 0.3) is 5.91 Å². The van der Waals surface area contributed by atoms with Crippen LogP contribution in [0.1, 0.15) is 42.4 Å². The van der Waals surface area contributed by atoms with Crippen molar-refractivity contribution >= 4 is 28.5 Å². The second-order valence-corrected chi connectivity index (χ2v) is 7.20. The Morgan fingerprint density at radius 3 is 2.70 bits per heavy atom. The normalized spacial score (nSPS) is 15.0. The summed E-state index contributed by atoms with van der Waals surface area (Å²) in [5, 5.41) is 3.26. The molecule has 27 heavy (non-hydrogen) atoms. The molecular weight excluding hydrogens is 374 g/mol. The molecule has 2 amide bonds. The molecule has 2 aromatic rings. The minimum Gasteiger partial charge on any atom is -0.339 e. The number of benzene rings is 1. The highest BCUT2D eigenvalue weighted by atomic mass is 32.1. The maximum absolute atomic E-state index is 13.8. The van der Waals surface area contributed by atoms with Crippen molar-refractivity contribution in [1.82, 2.24) is 14.3 Å². The standard InChI is InChI=1S/C18H20F2N4O2S/c1-2-3-15-21-18(27-23-15)22-16(25)11-6-8-24(9-7-11)17(26)13-5-4-12(19)10-14(13)20/h4-5,10-11H,2-3,6-9H2,1H3,(H,21,22,23,25). The highest BCUT2D eigenvalue weighted by molar-refractivity contribution is 7.09. The summed E-state index contributed by atoms with van der Waals surface area (Å²) in [5.74, 6) is -1.75. The molecule has 1 fully saturated rings. The topological polar surface area (TPSA) is 75.2 Å². The molecule has 0 saturated carbocycles. The van der Waals surface area contributed by atoms with Crippen LogP contribution in [0, 0.1) is 17.6 Å². The monoisotopic (exact) mass is 394 g/mol. The second kappa shape index (κ2) is 8.51. The van der Waals surface area contributed by atoms with Crippen molar-refractivity contribution in [2.24, 2.45) is 5.92 Å². The average Bonchev–Trinajstić information content (AvgIpc) is 3.08. The number of rotatable bonds is 5. The zero-order chi connectivity index (χ0) is 19.4. The van der Waals surface area contributed by atoms with E-state index in [9.17, 15) is 18.4 Å². The number of carbonyl (C=O) groups is 2. The van der Waals surface area contributed by atoms with E-state index in [1.807, 2.05) is 6.92 Å². The number of carbonyl (C=O) groups excluding carboxylic acids is 2. The Morgan fingerprint density at radius 2 is 2.04 bits per heavy atom. The third kappa shape index (κ3) is 4.65. The molecule has 2 heterocycles. The number of aryl methyl sites for hydroxylation is 1. The first-order valence-electron chi connectivity index (χ1n) is 8.85. The smallest absolute Gasteiger partial charge is 0.256 e. The number of likely N-dealkylation sites (tertiary alicyclic amines) is 1. The Bertz CT molecular complexity index is 835. The molecule has 1 aromatic carbocycles. The second-order valence-electron chi connectivity index (χ2n) is 6.45. The van der Waals surface area contributed by atoms with Crippen molar-refractivity contribution in [2.45, 2.75) is 32.6 Å². The summed E-state index contributed by atoms with van der Waals surface area (Å²) in [6, 6.07) is 2.91. The summed E-state index contributed by atoms with van der Waals surface area (Å²) in [6.45, 7) is 2.71. The van der Waals surface area contributed by atoms with E-state index in [1.165, 1.54) is 4.90 Å². The highest BCUT2D eigenvalue weighted by Gasteiger charge is 2.29. The van der Waals surface area contributed by atoms with Crippen LogP contribution in [0.3, 0.4) is 0 Å². The van der Waals surface area contributed by atoms with Gasteiger partial charge in [-0.15, -0.1) is 0 Å². The summed E-state index contributed by atoms with van der Waals surface area (Å²) < 4.78 is 31.0. The van der Waals surface area contributed by atoms with E-state index in [2.05, 4.69) is 14.7 Å². The quantitative estimate of drug-likeness (QED) is 0.845. The van der Waals surface area contributed by atoms with Gasteiger partial charge in [-0.05, 0) is 31.4 Å². The van der Waals surface area contributed by atoms with Crippen molar-refractivity contribution in [2.75, 3.05) is 18.4 Å². The van der Waals surface area contributed by atoms with Crippen LogP contribution in [0.5, 0.6) is 0 Å². The van der Waals surface area contributed by atoms with Gasteiger partial charge in [-0.1, -0.05) is 6.92 Å². The van der Waals surface area contributed by atoms with E-state index in [1.54, 1.807) is 0 Å². The molecule has 9 heteroatoms. The van der Waals surface area contributed by atoms with Gasteiger partial charge in [0.15, 0.2) is 0 Å². The molecule has 1 N–H and O–H groups in total. The molecule has 6 nitrogen and oxygen atoms in total. The van der Waals surface area contributed by atoms with Gasteiger partial charge < -0.3 is 10.2 Å². The number of anilines is 1. The van der Waals surface area contributed by atoms with Gasteiger partial charge in [-0.25, -0.2) is 13.8 Å². The third-order valence-electron chi connectivity index (χ3n) is 4.49. The van der Waals surface area contributed by atoms with E-state index in [0.29, 0.717) is 37.1 Å². The van der Waals surface area contributed by atoms with Crippen molar-refractivity contribution in [3.8, 4) is 0 Å². The molecule has 1 saturated heterocycles. The number of halogens is 2. The first-order chi connectivity index (χ1) is 13.0. The molecule has 144 valence electrons. The van der Waals surface area contributed by atoms with Gasteiger partial charge >= 0.3 is 0 Å². The molecule has 0 bridgehead atoms. The molecule has 0 aliphatic carbocycles.